The van der Waals surface area contributed by atoms with Crippen molar-refractivity contribution in [3.8, 4) is 0 Å². The molecule has 1 unspecified atom stereocenters. The first-order valence-corrected chi connectivity index (χ1v) is 4.64. The number of nitrogens with two attached hydrogens (primary N) is 1. The van der Waals surface area contributed by atoms with Gasteiger partial charge in [-0.1, -0.05) is 36.2 Å². The second kappa shape index (κ2) is 3.95. The van der Waals surface area contributed by atoms with E-state index < -0.39 is 36.8 Å². The summed E-state index contributed by atoms with van der Waals surface area (Å²) in [6.07, 6.45) is -13.4. The molecule has 0 heterocycles. The van der Waals surface area contributed by atoms with Crippen LogP contribution in [0.15, 0.2) is 24.3 Å². The van der Waals surface area contributed by atoms with E-state index in [9.17, 15) is 4.79 Å². The average Bonchev–Trinajstić information content (AvgIpc) is 2.44. The van der Waals surface area contributed by atoms with Gasteiger partial charge in [0.2, 0.25) is 0 Å². The number of hydrogen-bond donors (Lipinski definition) is 1. The highest BCUT2D eigenvalue weighted by Gasteiger charge is 2.38. The van der Waals surface area contributed by atoms with Crippen molar-refractivity contribution in [3.63, 3.8) is 0 Å². The molecule has 0 amide bonds. The predicted molar refractivity (Wildman–Crippen MR) is 60.8 cm³/mol. The Labute approximate surface area is 106 Å². The fraction of sp³-hybridized carbons (Fsp3) is 0.417. The van der Waals surface area contributed by atoms with Crippen LogP contribution in [0.2, 0.25) is 5.02 Å². The minimum Gasteiger partial charge on any atom is -0.315 e. The van der Waals surface area contributed by atoms with Gasteiger partial charge in [0.05, 0.1) is 0 Å². The van der Waals surface area contributed by atoms with Gasteiger partial charge in [-0.05, 0) is 24.4 Å². The molecule has 0 aliphatic heterocycles. The van der Waals surface area contributed by atoms with Crippen molar-refractivity contribution in [1.82, 2.24) is 0 Å². The standard InChI is InChI=1S/C12H14ClNO/c13-10-6-2-1-5-9(10)12(14)8-4-3-7-11(12)15/h1-2,5-6H,3-4,7-8,14H2/i3D2,4D2,7D2,8D2. The van der Waals surface area contributed by atoms with Crippen molar-refractivity contribution >= 4 is 17.4 Å². The van der Waals surface area contributed by atoms with Gasteiger partial charge in [-0.2, -0.15) is 0 Å². The average molecular weight is 232 g/mol. The molecule has 0 spiro atoms. The summed E-state index contributed by atoms with van der Waals surface area (Å²) in [5.41, 5.74) is 2.84. The SMILES string of the molecule is [2H]C1([2H])C(=O)C(N)(c2ccccc2Cl)C([2H])([2H])C([2H])([2H])C1([2H])[2H]. The van der Waals surface area contributed by atoms with Gasteiger partial charge < -0.3 is 5.73 Å². The van der Waals surface area contributed by atoms with Crippen LogP contribution in [0.1, 0.15) is 42.0 Å². The van der Waals surface area contributed by atoms with Gasteiger partial charge in [0.15, 0.2) is 5.78 Å². The summed E-state index contributed by atoms with van der Waals surface area (Å²) in [4.78, 5) is 12.6. The maximum absolute atomic E-state index is 12.6. The van der Waals surface area contributed by atoms with E-state index in [0.717, 1.165) is 0 Å². The first-order valence-electron chi connectivity index (χ1n) is 8.26. The molecule has 1 aliphatic rings. The molecule has 0 aromatic heterocycles. The van der Waals surface area contributed by atoms with Crippen LogP contribution in [0.3, 0.4) is 0 Å². The summed E-state index contributed by atoms with van der Waals surface area (Å²) in [7, 11) is 0. The molecule has 1 aromatic carbocycles. The molecule has 80 valence electrons. The van der Waals surface area contributed by atoms with Crippen LogP contribution in [-0.4, -0.2) is 5.78 Å². The quantitative estimate of drug-likeness (QED) is 0.808. The second-order valence-electron chi connectivity index (χ2n) is 3.12. The number of halogens is 1. The molecule has 1 fully saturated rings. The smallest absolute Gasteiger partial charge is 0.157 e. The van der Waals surface area contributed by atoms with Crippen molar-refractivity contribution in [2.75, 3.05) is 0 Å². The van der Waals surface area contributed by atoms with E-state index in [1.165, 1.54) is 24.3 Å². The Kier molecular flexibility index (Phi) is 1.20. The van der Waals surface area contributed by atoms with Gasteiger partial charge in [-0.15, -0.1) is 0 Å². The Balaban J connectivity index is 2.89. The highest BCUT2D eigenvalue weighted by atomic mass is 35.5. The van der Waals surface area contributed by atoms with Crippen LogP contribution in [0.4, 0.5) is 0 Å². The van der Waals surface area contributed by atoms with Crippen LogP contribution in [0.5, 0.6) is 0 Å². The topological polar surface area (TPSA) is 43.1 Å². The van der Waals surface area contributed by atoms with E-state index in [4.69, 9.17) is 28.3 Å². The molecule has 0 radical (unpaired) electrons. The van der Waals surface area contributed by atoms with Gasteiger partial charge in [0.1, 0.15) is 5.54 Å². The molecule has 2 nitrogen and oxygen atoms in total. The lowest BCUT2D eigenvalue weighted by Crippen LogP contribution is -2.47. The van der Waals surface area contributed by atoms with E-state index in [-0.39, 0.29) is 10.6 Å². The van der Waals surface area contributed by atoms with Gasteiger partial charge in [0, 0.05) is 22.4 Å². The molecule has 3 heteroatoms. The lowest BCUT2D eigenvalue weighted by atomic mass is 9.76. The largest absolute Gasteiger partial charge is 0.315 e. The first-order chi connectivity index (χ1) is 10.2. The molecule has 0 bridgehead atoms. The molecule has 15 heavy (non-hydrogen) atoms. The Morgan fingerprint density at radius 1 is 1.40 bits per heavy atom. The summed E-state index contributed by atoms with van der Waals surface area (Å²) in [6, 6.07) is 5.39. The van der Waals surface area contributed by atoms with Crippen LogP contribution in [-0.2, 0) is 10.3 Å². The van der Waals surface area contributed by atoms with E-state index >= 15 is 0 Å². The fourth-order valence-electron chi connectivity index (χ4n) is 1.34. The van der Waals surface area contributed by atoms with E-state index in [1.807, 2.05) is 0 Å². The predicted octanol–water partition coefficient (Wildman–Crippen LogP) is 2.64. The number of benzene rings is 1. The minimum atomic E-state index is -3.43. The number of carbonyl (C=O) groups is 1. The van der Waals surface area contributed by atoms with Crippen molar-refractivity contribution in [2.45, 2.75) is 31.0 Å². The number of ketones is 1. The Morgan fingerprint density at radius 3 is 2.87 bits per heavy atom. The molecular formula is C12H14ClNO. The lowest BCUT2D eigenvalue weighted by molar-refractivity contribution is -0.126. The second-order valence-corrected chi connectivity index (χ2v) is 3.52. The number of Topliss-reactive ketones (excluding diaryl/α,β-unsaturated/α-hetero) is 1. The van der Waals surface area contributed by atoms with Crippen LogP contribution in [0, 0.1) is 0 Å². The Hall–Kier alpha value is -0.860. The van der Waals surface area contributed by atoms with Crippen molar-refractivity contribution in [3.05, 3.63) is 34.9 Å². The molecule has 1 aliphatic carbocycles. The number of hydrogen-bond acceptors (Lipinski definition) is 2. The summed E-state index contributed by atoms with van der Waals surface area (Å²) in [6.45, 7) is 0. The minimum absolute atomic E-state index is 0.138. The normalized spacial score (nSPS) is 48.0. The zero-order valence-electron chi connectivity index (χ0n) is 15.7. The van der Waals surface area contributed by atoms with Crippen molar-refractivity contribution in [1.29, 1.82) is 0 Å². The lowest BCUT2D eigenvalue weighted by Gasteiger charge is -2.32. The third kappa shape index (κ3) is 1.80. The summed E-state index contributed by atoms with van der Waals surface area (Å²) in [5, 5.41) is -0.138. The van der Waals surface area contributed by atoms with Crippen molar-refractivity contribution in [2.24, 2.45) is 5.73 Å². The van der Waals surface area contributed by atoms with E-state index in [0.29, 0.717) is 0 Å². The maximum Gasteiger partial charge on any atom is 0.157 e. The fourth-order valence-corrected chi connectivity index (χ4v) is 1.63. The Morgan fingerprint density at radius 2 is 2.13 bits per heavy atom. The number of carbonyl (C=O) groups excluding carboxylic acids is 1. The molecule has 1 aromatic rings. The summed E-state index contributed by atoms with van der Waals surface area (Å²) >= 11 is 5.96. The Bertz CT molecular complexity index is 677. The number of rotatable bonds is 1. The molecule has 1 atom stereocenters. The van der Waals surface area contributed by atoms with Crippen LogP contribution >= 0.6 is 11.6 Å². The third-order valence-electron chi connectivity index (χ3n) is 2.16. The monoisotopic (exact) mass is 231 g/mol. The zero-order valence-corrected chi connectivity index (χ0v) is 8.43. The zero-order chi connectivity index (χ0) is 18.1. The summed E-state index contributed by atoms with van der Waals surface area (Å²) in [5.74, 6) is -1.59. The molecule has 2 N–H and O–H groups in total. The third-order valence-corrected chi connectivity index (χ3v) is 2.48. The summed E-state index contributed by atoms with van der Waals surface area (Å²) < 4.78 is 62.7. The highest BCUT2D eigenvalue weighted by molar-refractivity contribution is 6.31. The molecular weight excluding hydrogens is 210 g/mol. The van der Waals surface area contributed by atoms with Gasteiger partial charge in [0.25, 0.3) is 0 Å². The van der Waals surface area contributed by atoms with Gasteiger partial charge in [-0.3, -0.25) is 4.79 Å². The van der Waals surface area contributed by atoms with Crippen molar-refractivity contribution < 1.29 is 15.8 Å². The highest BCUT2D eigenvalue weighted by Crippen LogP contribution is 2.35. The molecule has 0 saturated heterocycles. The molecule has 2 rings (SSSR count). The van der Waals surface area contributed by atoms with Crippen LogP contribution < -0.4 is 5.73 Å². The molecule has 1 saturated carbocycles. The maximum atomic E-state index is 12.6. The van der Waals surface area contributed by atoms with Gasteiger partial charge >= 0.3 is 0 Å². The van der Waals surface area contributed by atoms with E-state index in [2.05, 4.69) is 0 Å². The van der Waals surface area contributed by atoms with Crippen LogP contribution in [0.25, 0.3) is 0 Å². The first kappa shape index (κ1) is 4.56. The van der Waals surface area contributed by atoms with E-state index in [1.54, 1.807) is 0 Å². The van der Waals surface area contributed by atoms with Gasteiger partial charge in [-0.25, -0.2) is 0 Å².